The number of piperazine rings is 1. The van der Waals surface area contributed by atoms with Crippen LogP contribution in [0.25, 0.3) is 0 Å². The molecule has 34 heavy (non-hydrogen) atoms. The van der Waals surface area contributed by atoms with Crippen molar-refractivity contribution in [2.24, 2.45) is 0 Å². The van der Waals surface area contributed by atoms with E-state index in [1.54, 1.807) is 0 Å². The monoisotopic (exact) mass is 459 g/mol. The Morgan fingerprint density at radius 1 is 0.765 bits per heavy atom. The molecule has 4 rings (SSSR count). The van der Waals surface area contributed by atoms with E-state index in [1.165, 1.54) is 11.3 Å². The van der Waals surface area contributed by atoms with Crippen molar-refractivity contribution in [2.75, 3.05) is 50.9 Å². The maximum Gasteiger partial charge on any atom is 0.246 e. The van der Waals surface area contributed by atoms with Gasteiger partial charge < -0.3 is 19.7 Å². The Kier molecular flexibility index (Phi) is 8.94. The average Bonchev–Trinajstić information content (AvgIpc) is 2.89. The summed E-state index contributed by atoms with van der Waals surface area (Å²) in [7, 11) is 0. The van der Waals surface area contributed by atoms with Crippen molar-refractivity contribution in [3.63, 3.8) is 0 Å². The van der Waals surface area contributed by atoms with Crippen molar-refractivity contribution in [1.29, 1.82) is 0 Å². The Balaban J connectivity index is 1.16. The number of rotatable bonds is 11. The summed E-state index contributed by atoms with van der Waals surface area (Å²) < 4.78 is 11.0. The molecule has 1 amide bonds. The number of ether oxygens (including phenoxy) is 2. The summed E-state index contributed by atoms with van der Waals surface area (Å²) in [5.41, 5.74) is 3.70. The molecule has 1 aliphatic heterocycles. The van der Waals surface area contributed by atoms with Crippen LogP contribution in [-0.4, -0.2) is 56.8 Å². The fourth-order valence-corrected chi connectivity index (χ4v) is 4.07. The number of carbonyl (C=O) groups is 1. The summed E-state index contributed by atoms with van der Waals surface area (Å²) in [4.78, 5) is 17.1. The predicted octanol–water partition coefficient (Wildman–Crippen LogP) is 3.72. The smallest absolute Gasteiger partial charge is 0.246 e. The molecule has 0 unspecified atom stereocenters. The van der Waals surface area contributed by atoms with Gasteiger partial charge in [0.25, 0.3) is 0 Å². The molecule has 0 bridgehead atoms. The molecule has 0 radical (unpaired) electrons. The van der Waals surface area contributed by atoms with Crippen LogP contribution in [0.2, 0.25) is 0 Å². The molecule has 0 spiro atoms. The van der Waals surface area contributed by atoms with E-state index in [9.17, 15) is 4.79 Å². The van der Waals surface area contributed by atoms with E-state index in [0.717, 1.165) is 44.0 Å². The SMILES string of the molecule is O=C(COCCOc1ccccc1)NCc1ccccc1CN1CCN(c2ccccc2)CC1. The minimum Gasteiger partial charge on any atom is -0.491 e. The van der Waals surface area contributed by atoms with Crippen LogP contribution >= 0.6 is 0 Å². The highest BCUT2D eigenvalue weighted by Gasteiger charge is 2.18. The van der Waals surface area contributed by atoms with Crippen LogP contribution in [0.3, 0.4) is 0 Å². The second-order valence-corrected chi connectivity index (χ2v) is 8.36. The number of amides is 1. The fourth-order valence-electron chi connectivity index (χ4n) is 4.07. The van der Waals surface area contributed by atoms with E-state index in [4.69, 9.17) is 9.47 Å². The zero-order valence-electron chi connectivity index (χ0n) is 19.6. The van der Waals surface area contributed by atoms with E-state index in [2.05, 4.69) is 63.6 Å². The molecule has 1 heterocycles. The Hall–Kier alpha value is -3.35. The molecule has 1 N–H and O–H groups in total. The molecule has 3 aromatic rings. The molecule has 0 aliphatic carbocycles. The quantitative estimate of drug-likeness (QED) is 0.443. The molecular weight excluding hydrogens is 426 g/mol. The molecule has 0 saturated carbocycles. The molecule has 1 saturated heterocycles. The maximum absolute atomic E-state index is 12.2. The van der Waals surface area contributed by atoms with Gasteiger partial charge in [0.05, 0.1) is 6.61 Å². The zero-order valence-corrected chi connectivity index (χ0v) is 19.6. The van der Waals surface area contributed by atoms with Crippen LogP contribution in [-0.2, 0) is 22.6 Å². The molecular formula is C28H33N3O3. The number of carbonyl (C=O) groups excluding carboxylic acids is 1. The summed E-state index contributed by atoms with van der Waals surface area (Å²) in [5.74, 6) is 0.680. The van der Waals surface area contributed by atoms with E-state index in [-0.39, 0.29) is 12.5 Å². The minimum atomic E-state index is -0.119. The van der Waals surface area contributed by atoms with Gasteiger partial charge in [-0.1, -0.05) is 60.7 Å². The second-order valence-electron chi connectivity index (χ2n) is 8.36. The van der Waals surface area contributed by atoms with Crippen LogP contribution in [0.1, 0.15) is 11.1 Å². The largest absolute Gasteiger partial charge is 0.491 e. The number of benzene rings is 3. The first kappa shape index (κ1) is 23.8. The number of para-hydroxylation sites is 2. The van der Waals surface area contributed by atoms with Crippen molar-refractivity contribution < 1.29 is 14.3 Å². The highest BCUT2D eigenvalue weighted by molar-refractivity contribution is 5.77. The molecule has 6 nitrogen and oxygen atoms in total. The number of nitrogens with zero attached hydrogens (tertiary/aromatic N) is 2. The highest BCUT2D eigenvalue weighted by atomic mass is 16.5. The van der Waals surface area contributed by atoms with Crippen molar-refractivity contribution in [3.8, 4) is 5.75 Å². The molecule has 178 valence electrons. The number of hydrogen-bond acceptors (Lipinski definition) is 5. The Morgan fingerprint density at radius 2 is 1.41 bits per heavy atom. The average molecular weight is 460 g/mol. The third kappa shape index (κ3) is 7.33. The molecule has 0 atom stereocenters. The highest BCUT2D eigenvalue weighted by Crippen LogP contribution is 2.18. The standard InChI is InChI=1S/C28H33N3O3/c32-28(23-33-19-20-34-27-13-5-2-6-14-27)29-21-24-9-7-8-10-25(24)22-30-15-17-31(18-16-30)26-11-3-1-4-12-26/h1-14H,15-23H2,(H,29,32). The van der Waals surface area contributed by atoms with Gasteiger partial charge in [0, 0.05) is 45.0 Å². The van der Waals surface area contributed by atoms with Gasteiger partial charge in [0.2, 0.25) is 5.91 Å². The van der Waals surface area contributed by atoms with Crippen LogP contribution in [0, 0.1) is 0 Å². The van der Waals surface area contributed by atoms with Gasteiger partial charge in [-0.2, -0.15) is 0 Å². The third-order valence-electron chi connectivity index (χ3n) is 5.95. The van der Waals surface area contributed by atoms with Gasteiger partial charge in [0.1, 0.15) is 19.0 Å². The van der Waals surface area contributed by atoms with Gasteiger partial charge in [-0.25, -0.2) is 0 Å². The molecule has 1 aliphatic rings. The van der Waals surface area contributed by atoms with Crippen LogP contribution in [0.5, 0.6) is 5.75 Å². The Labute approximate surface area is 202 Å². The summed E-state index contributed by atoms with van der Waals surface area (Å²) in [6, 6.07) is 28.5. The first-order chi connectivity index (χ1) is 16.8. The minimum absolute atomic E-state index is 0.0295. The first-order valence-corrected chi connectivity index (χ1v) is 11.9. The van der Waals surface area contributed by atoms with Crippen LogP contribution < -0.4 is 15.0 Å². The lowest BCUT2D eigenvalue weighted by molar-refractivity contribution is -0.126. The number of hydrogen-bond donors (Lipinski definition) is 1. The van der Waals surface area contributed by atoms with Crippen LogP contribution in [0.4, 0.5) is 5.69 Å². The van der Waals surface area contributed by atoms with Gasteiger partial charge in [-0.3, -0.25) is 9.69 Å². The van der Waals surface area contributed by atoms with Gasteiger partial charge in [-0.15, -0.1) is 0 Å². The fraction of sp³-hybridized carbons (Fsp3) is 0.321. The summed E-state index contributed by atoms with van der Waals surface area (Å²) in [5, 5.41) is 2.98. The third-order valence-corrected chi connectivity index (χ3v) is 5.95. The van der Waals surface area contributed by atoms with Crippen molar-refractivity contribution in [3.05, 3.63) is 96.1 Å². The van der Waals surface area contributed by atoms with E-state index in [0.29, 0.717) is 19.8 Å². The van der Waals surface area contributed by atoms with Crippen molar-refractivity contribution in [2.45, 2.75) is 13.1 Å². The number of nitrogens with one attached hydrogen (secondary N) is 1. The lowest BCUT2D eigenvalue weighted by atomic mass is 10.1. The topological polar surface area (TPSA) is 54.0 Å². The van der Waals surface area contributed by atoms with E-state index < -0.39 is 0 Å². The lowest BCUT2D eigenvalue weighted by Crippen LogP contribution is -2.46. The predicted molar refractivity (Wildman–Crippen MR) is 135 cm³/mol. The van der Waals surface area contributed by atoms with Crippen molar-refractivity contribution in [1.82, 2.24) is 10.2 Å². The van der Waals surface area contributed by atoms with Gasteiger partial charge in [-0.05, 0) is 35.4 Å². The van der Waals surface area contributed by atoms with Gasteiger partial charge in [0.15, 0.2) is 0 Å². The second kappa shape index (κ2) is 12.8. The Bertz CT molecular complexity index is 1010. The normalized spacial score (nSPS) is 14.1. The summed E-state index contributed by atoms with van der Waals surface area (Å²) in [6.45, 7) is 6.30. The molecule has 6 heteroatoms. The van der Waals surface area contributed by atoms with E-state index >= 15 is 0 Å². The molecule has 1 fully saturated rings. The van der Waals surface area contributed by atoms with E-state index in [1.807, 2.05) is 36.4 Å². The maximum atomic E-state index is 12.2. The van der Waals surface area contributed by atoms with Gasteiger partial charge >= 0.3 is 0 Å². The lowest BCUT2D eigenvalue weighted by Gasteiger charge is -2.36. The Morgan fingerprint density at radius 3 is 2.15 bits per heavy atom. The zero-order chi connectivity index (χ0) is 23.4. The van der Waals surface area contributed by atoms with Crippen LogP contribution in [0.15, 0.2) is 84.9 Å². The summed E-state index contributed by atoms with van der Waals surface area (Å²) >= 11 is 0. The van der Waals surface area contributed by atoms with Crippen molar-refractivity contribution >= 4 is 11.6 Å². The summed E-state index contributed by atoms with van der Waals surface area (Å²) in [6.07, 6.45) is 0. The first-order valence-electron chi connectivity index (χ1n) is 11.9. The molecule has 3 aromatic carbocycles. The molecule has 0 aromatic heterocycles. The number of anilines is 1.